The van der Waals surface area contributed by atoms with E-state index < -0.39 is 0 Å². The van der Waals surface area contributed by atoms with Crippen LogP contribution in [0.15, 0.2) is 24.3 Å². The first kappa shape index (κ1) is 13.2. The second-order valence-corrected chi connectivity index (χ2v) is 5.81. The van der Waals surface area contributed by atoms with E-state index in [1.54, 1.807) is 29.2 Å². The van der Waals surface area contributed by atoms with Crippen molar-refractivity contribution < 1.29 is 14.6 Å². The van der Waals surface area contributed by atoms with Crippen LogP contribution in [0.3, 0.4) is 0 Å². The lowest BCUT2D eigenvalue weighted by atomic mass is 9.80. The van der Waals surface area contributed by atoms with E-state index in [-0.39, 0.29) is 17.4 Å². The lowest BCUT2D eigenvalue weighted by Gasteiger charge is -2.41. The first-order valence-corrected chi connectivity index (χ1v) is 7.08. The van der Waals surface area contributed by atoms with E-state index in [9.17, 15) is 9.90 Å². The highest BCUT2D eigenvalue weighted by molar-refractivity contribution is 5.91. The Balaban J connectivity index is 1.92. The van der Waals surface area contributed by atoms with Gasteiger partial charge >= 0.3 is 6.09 Å². The van der Waals surface area contributed by atoms with Crippen LogP contribution in [0, 0.1) is 5.92 Å². The molecule has 2 fully saturated rings. The third kappa shape index (κ3) is 2.12. The Bertz CT molecular complexity index is 496. The average Bonchev–Trinajstić information content (AvgIpc) is 2.78. The third-order valence-corrected chi connectivity index (χ3v) is 4.47. The Kier molecular flexibility index (Phi) is 3.30. The number of phenols is 1. The molecule has 2 aliphatic rings. The molecule has 0 aliphatic carbocycles. The van der Waals surface area contributed by atoms with Crippen molar-refractivity contribution in [3.05, 3.63) is 24.3 Å². The summed E-state index contributed by atoms with van der Waals surface area (Å²) in [5.41, 5.74) is 0.444. The lowest BCUT2D eigenvalue weighted by Crippen LogP contribution is -2.55. The predicted molar refractivity (Wildman–Crippen MR) is 75.9 cm³/mol. The molecule has 2 unspecified atom stereocenters. The summed E-state index contributed by atoms with van der Waals surface area (Å²) in [6.45, 7) is 4.45. The zero-order chi connectivity index (χ0) is 14.2. The Labute approximate surface area is 118 Å². The molecule has 20 heavy (non-hydrogen) atoms. The van der Waals surface area contributed by atoms with Crippen molar-refractivity contribution in [1.29, 1.82) is 0 Å². The van der Waals surface area contributed by atoms with Crippen molar-refractivity contribution in [2.75, 3.05) is 24.6 Å². The number of phenolic OH excluding ortho intramolecular Hbond substituents is 1. The molecule has 0 aromatic heterocycles. The normalized spacial score (nSPS) is 30.4. The summed E-state index contributed by atoms with van der Waals surface area (Å²) in [5.74, 6) is 0.568. The van der Waals surface area contributed by atoms with Crippen molar-refractivity contribution in [3.63, 3.8) is 0 Å². The zero-order valence-electron chi connectivity index (χ0n) is 11.6. The highest BCUT2D eigenvalue weighted by atomic mass is 16.6. The van der Waals surface area contributed by atoms with E-state index >= 15 is 0 Å². The monoisotopic (exact) mass is 276 g/mol. The molecular formula is C15H20N2O3. The van der Waals surface area contributed by atoms with Crippen LogP contribution >= 0.6 is 0 Å². The fraction of sp³-hybridized carbons (Fsp3) is 0.533. The van der Waals surface area contributed by atoms with Crippen LogP contribution < -0.4 is 10.2 Å². The van der Waals surface area contributed by atoms with Gasteiger partial charge in [0.1, 0.15) is 12.4 Å². The zero-order valence-corrected chi connectivity index (χ0v) is 11.6. The smallest absolute Gasteiger partial charge is 0.415 e. The number of piperidine rings is 1. The molecule has 0 saturated carbocycles. The van der Waals surface area contributed by atoms with E-state index in [0.717, 1.165) is 31.6 Å². The first-order chi connectivity index (χ1) is 9.61. The highest BCUT2D eigenvalue weighted by Crippen LogP contribution is 2.38. The van der Waals surface area contributed by atoms with Gasteiger partial charge in [0.15, 0.2) is 0 Å². The SMILES string of the molecule is CC1(C2CCCNC2)COC(=O)N1c1ccc(O)cc1. The molecule has 3 rings (SSSR count). The molecule has 1 aromatic carbocycles. The third-order valence-electron chi connectivity index (χ3n) is 4.47. The molecule has 2 aliphatic heterocycles. The molecule has 5 nitrogen and oxygen atoms in total. The van der Waals surface area contributed by atoms with E-state index in [1.165, 1.54) is 0 Å². The van der Waals surface area contributed by atoms with Gasteiger partial charge in [-0.2, -0.15) is 0 Å². The van der Waals surface area contributed by atoms with Crippen LogP contribution in [0.25, 0.3) is 0 Å². The number of aromatic hydroxyl groups is 1. The highest BCUT2D eigenvalue weighted by Gasteiger charge is 2.49. The van der Waals surface area contributed by atoms with E-state index in [2.05, 4.69) is 12.2 Å². The first-order valence-electron chi connectivity index (χ1n) is 7.08. The van der Waals surface area contributed by atoms with E-state index in [1.807, 2.05) is 0 Å². The van der Waals surface area contributed by atoms with Crippen LogP contribution in [0.1, 0.15) is 19.8 Å². The van der Waals surface area contributed by atoms with Crippen LogP contribution in [0.4, 0.5) is 10.5 Å². The Morgan fingerprint density at radius 3 is 2.80 bits per heavy atom. The van der Waals surface area contributed by atoms with Crippen molar-refractivity contribution in [3.8, 4) is 5.75 Å². The second-order valence-electron chi connectivity index (χ2n) is 5.81. The number of hydrogen-bond acceptors (Lipinski definition) is 4. The van der Waals surface area contributed by atoms with E-state index in [4.69, 9.17) is 4.74 Å². The Hall–Kier alpha value is -1.75. The standard InChI is InChI=1S/C15H20N2O3/c1-15(11-3-2-8-16-9-11)10-20-14(19)17(15)12-4-6-13(18)7-5-12/h4-7,11,16,18H,2-3,8-10H2,1H3. The van der Waals surface area contributed by atoms with Gasteiger partial charge in [0.2, 0.25) is 0 Å². The molecule has 2 heterocycles. The summed E-state index contributed by atoms with van der Waals surface area (Å²) in [6, 6.07) is 6.72. The molecule has 0 spiro atoms. The van der Waals surface area contributed by atoms with Crippen LogP contribution in [-0.2, 0) is 4.74 Å². The summed E-state index contributed by atoms with van der Waals surface area (Å²) < 4.78 is 5.32. The second kappa shape index (κ2) is 4.98. The van der Waals surface area contributed by atoms with Gasteiger partial charge in [0, 0.05) is 12.2 Å². The molecule has 5 heteroatoms. The van der Waals surface area contributed by atoms with Gasteiger partial charge in [-0.25, -0.2) is 4.79 Å². The molecule has 108 valence electrons. The number of rotatable bonds is 2. The number of anilines is 1. The van der Waals surface area contributed by atoms with Crippen molar-refractivity contribution in [2.24, 2.45) is 5.92 Å². The maximum Gasteiger partial charge on any atom is 0.415 e. The minimum atomic E-state index is -0.332. The van der Waals surface area contributed by atoms with Crippen molar-refractivity contribution in [1.82, 2.24) is 5.32 Å². The lowest BCUT2D eigenvalue weighted by molar-refractivity contribution is 0.157. The molecule has 0 radical (unpaired) electrons. The fourth-order valence-electron chi connectivity index (χ4n) is 3.23. The van der Waals surface area contributed by atoms with Gasteiger partial charge in [0.05, 0.1) is 5.54 Å². The van der Waals surface area contributed by atoms with Gasteiger partial charge < -0.3 is 15.2 Å². The molecule has 2 N–H and O–H groups in total. The van der Waals surface area contributed by atoms with Gasteiger partial charge in [-0.15, -0.1) is 0 Å². The predicted octanol–water partition coefficient (Wildman–Crippen LogP) is 2.11. The average molecular weight is 276 g/mol. The number of hydrogen-bond donors (Lipinski definition) is 2. The maximum absolute atomic E-state index is 12.1. The number of ether oxygens (including phenoxy) is 1. The van der Waals surface area contributed by atoms with Gasteiger partial charge in [0.25, 0.3) is 0 Å². The van der Waals surface area contributed by atoms with Crippen LogP contribution in [0.5, 0.6) is 5.75 Å². The van der Waals surface area contributed by atoms with Gasteiger partial charge in [-0.3, -0.25) is 4.90 Å². The number of amides is 1. The summed E-state index contributed by atoms with van der Waals surface area (Å²) in [6.07, 6.45) is 1.91. The number of nitrogens with one attached hydrogen (secondary N) is 1. The molecule has 2 saturated heterocycles. The number of carbonyl (C=O) groups is 1. The minimum Gasteiger partial charge on any atom is -0.508 e. The van der Waals surface area contributed by atoms with Gasteiger partial charge in [-0.1, -0.05) is 0 Å². The van der Waals surface area contributed by atoms with Crippen molar-refractivity contribution in [2.45, 2.75) is 25.3 Å². The maximum atomic E-state index is 12.1. The number of cyclic esters (lactones) is 1. The fourth-order valence-corrected chi connectivity index (χ4v) is 3.23. The van der Waals surface area contributed by atoms with Crippen LogP contribution in [-0.4, -0.2) is 36.4 Å². The molecule has 1 amide bonds. The topological polar surface area (TPSA) is 61.8 Å². The summed E-state index contributed by atoms with van der Waals surface area (Å²) >= 11 is 0. The quantitative estimate of drug-likeness (QED) is 0.868. The number of carbonyl (C=O) groups excluding carboxylic acids is 1. The Morgan fingerprint density at radius 2 is 2.15 bits per heavy atom. The molecule has 1 aromatic rings. The molecule has 2 atom stereocenters. The van der Waals surface area contributed by atoms with Crippen molar-refractivity contribution >= 4 is 11.8 Å². The minimum absolute atomic E-state index is 0.197. The van der Waals surface area contributed by atoms with Crippen LogP contribution in [0.2, 0.25) is 0 Å². The summed E-state index contributed by atoms with van der Waals surface area (Å²) in [4.78, 5) is 13.9. The summed E-state index contributed by atoms with van der Waals surface area (Å²) in [7, 11) is 0. The number of nitrogens with zero attached hydrogens (tertiary/aromatic N) is 1. The largest absolute Gasteiger partial charge is 0.508 e. The molecule has 0 bridgehead atoms. The Morgan fingerprint density at radius 1 is 1.40 bits per heavy atom. The van der Waals surface area contributed by atoms with E-state index in [0.29, 0.717) is 12.5 Å². The number of benzene rings is 1. The molecular weight excluding hydrogens is 256 g/mol. The summed E-state index contributed by atoms with van der Waals surface area (Å²) in [5, 5.41) is 12.8. The van der Waals surface area contributed by atoms with Gasteiger partial charge in [-0.05, 0) is 56.5 Å².